The van der Waals surface area contributed by atoms with Crippen molar-refractivity contribution in [1.82, 2.24) is 14.9 Å². The van der Waals surface area contributed by atoms with Crippen LogP contribution in [-0.2, 0) is 22.3 Å². The average molecular weight is 276 g/mol. The van der Waals surface area contributed by atoms with Crippen molar-refractivity contribution in [3.05, 3.63) is 53.3 Å². The summed E-state index contributed by atoms with van der Waals surface area (Å²) < 4.78 is 26.2. The van der Waals surface area contributed by atoms with Gasteiger partial charge in [0.15, 0.2) is 0 Å². The maximum Gasteiger partial charge on any atom is 0.216 e. The van der Waals surface area contributed by atoms with E-state index in [-0.39, 0.29) is 12.3 Å². The van der Waals surface area contributed by atoms with E-state index in [0.29, 0.717) is 16.8 Å². The summed E-state index contributed by atoms with van der Waals surface area (Å²) in [5.41, 5.74) is 1.84. The van der Waals surface area contributed by atoms with Crippen molar-refractivity contribution in [1.29, 1.82) is 5.26 Å². The van der Waals surface area contributed by atoms with E-state index in [0.717, 1.165) is 0 Å². The van der Waals surface area contributed by atoms with Crippen LogP contribution in [0.5, 0.6) is 0 Å². The number of H-pyrrole nitrogens is 1. The van der Waals surface area contributed by atoms with Crippen molar-refractivity contribution < 1.29 is 8.42 Å². The fourth-order valence-corrected chi connectivity index (χ4v) is 2.63. The number of aromatic nitrogens is 2. The van der Waals surface area contributed by atoms with Crippen molar-refractivity contribution in [2.45, 2.75) is 12.3 Å². The maximum atomic E-state index is 11.8. The van der Waals surface area contributed by atoms with Gasteiger partial charge in [0.2, 0.25) is 10.0 Å². The lowest BCUT2D eigenvalue weighted by Gasteiger charge is -2.05. The molecule has 0 radical (unpaired) electrons. The summed E-state index contributed by atoms with van der Waals surface area (Å²) in [7, 11) is -3.41. The Morgan fingerprint density at radius 2 is 2.00 bits per heavy atom. The van der Waals surface area contributed by atoms with Gasteiger partial charge in [-0.2, -0.15) is 10.4 Å². The number of benzene rings is 1. The molecular formula is C12H12N4O2S. The van der Waals surface area contributed by atoms with Gasteiger partial charge in [0.05, 0.1) is 29.6 Å². The summed E-state index contributed by atoms with van der Waals surface area (Å²) in [4.78, 5) is 0. The number of nitriles is 1. The molecule has 0 aliphatic carbocycles. The molecule has 0 spiro atoms. The molecule has 2 N–H and O–H groups in total. The predicted octanol–water partition coefficient (Wildman–Crippen LogP) is 0.901. The van der Waals surface area contributed by atoms with E-state index in [1.54, 1.807) is 36.5 Å². The van der Waals surface area contributed by atoms with Crippen LogP contribution in [0, 0.1) is 11.3 Å². The molecule has 1 aromatic heterocycles. The van der Waals surface area contributed by atoms with Crippen LogP contribution in [0.15, 0.2) is 36.5 Å². The highest BCUT2D eigenvalue weighted by Crippen LogP contribution is 2.07. The van der Waals surface area contributed by atoms with E-state index in [1.807, 2.05) is 6.07 Å². The van der Waals surface area contributed by atoms with Crippen molar-refractivity contribution >= 4 is 10.0 Å². The molecule has 2 rings (SSSR count). The number of nitrogens with zero attached hydrogens (tertiary/aromatic N) is 2. The predicted molar refractivity (Wildman–Crippen MR) is 69.2 cm³/mol. The van der Waals surface area contributed by atoms with Crippen molar-refractivity contribution in [2.75, 3.05) is 0 Å². The van der Waals surface area contributed by atoms with Crippen LogP contribution in [0.2, 0.25) is 0 Å². The summed E-state index contributed by atoms with van der Waals surface area (Å²) >= 11 is 0. The molecule has 0 bridgehead atoms. The fraction of sp³-hybridized carbons (Fsp3) is 0.167. The first-order valence-corrected chi connectivity index (χ1v) is 7.19. The van der Waals surface area contributed by atoms with E-state index in [1.165, 1.54) is 0 Å². The van der Waals surface area contributed by atoms with Gasteiger partial charge >= 0.3 is 0 Å². The standard InChI is InChI=1S/C12H12N4O2S/c13-7-10-1-3-11(4-2-10)9-19(17,18)15-8-12-5-6-14-16-12/h1-6,15H,8-9H2,(H,14,16). The lowest BCUT2D eigenvalue weighted by atomic mass is 10.2. The Morgan fingerprint density at radius 1 is 1.26 bits per heavy atom. The van der Waals surface area contributed by atoms with Crippen LogP contribution in [0.3, 0.4) is 0 Å². The molecular weight excluding hydrogens is 264 g/mol. The molecule has 0 fully saturated rings. The highest BCUT2D eigenvalue weighted by Gasteiger charge is 2.11. The van der Waals surface area contributed by atoms with Gasteiger partial charge in [-0.05, 0) is 23.8 Å². The summed E-state index contributed by atoms with van der Waals surface area (Å²) in [6.07, 6.45) is 1.56. The van der Waals surface area contributed by atoms with Crippen LogP contribution in [0.25, 0.3) is 0 Å². The van der Waals surface area contributed by atoms with Gasteiger partial charge in [-0.1, -0.05) is 12.1 Å². The first-order valence-electron chi connectivity index (χ1n) is 5.54. The van der Waals surface area contributed by atoms with E-state index in [2.05, 4.69) is 14.9 Å². The van der Waals surface area contributed by atoms with Gasteiger partial charge in [0, 0.05) is 6.20 Å². The number of aromatic amines is 1. The third-order valence-electron chi connectivity index (χ3n) is 2.48. The normalized spacial score (nSPS) is 11.1. The van der Waals surface area contributed by atoms with Crippen molar-refractivity contribution in [3.8, 4) is 6.07 Å². The number of sulfonamides is 1. The molecule has 2 aromatic rings. The molecule has 7 heteroatoms. The van der Waals surface area contributed by atoms with Crippen LogP contribution >= 0.6 is 0 Å². The largest absolute Gasteiger partial charge is 0.281 e. The Morgan fingerprint density at radius 3 is 2.58 bits per heavy atom. The summed E-state index contributed by atoms with van der Waals surface area (Å²) in [5, 5.41) is 15.1. The Labute approximate surface area is 111 Å². The molecule has 0 saturated carbocycles. The minimum absolute atomic E-state index is 0.118. The Hall–Kier alpha value is -2.17. The lowest BCUT2D eigenvalue weighted by Crippen LogP contribution is -2.24. The lowest BCUT2D eigenvalue weighted by molar-refractivity contribution is 0.579. The fourth-order valence-electron chi connectivity index (χ4n) is 1.52. The summed E-state index contributed by atoms with van der Waals surface area (Å²) in [5.74, 6) is -0.118. The minimum atomic E-state index is -3.41. The van der Waals surface area contributed by atoms with Crippen LogP contribution < -0.4 is 4.72 Å². The zero-order chi connectivity index (χ0) is 13.7. The number of hydrogen-bond donors (Lipinski definition) is 2. The molecule has 1 aromatic carbocycles. The second-order valence-electron chi connectivity index (χ2n) is 3.97. The molecule has 0 aliphatic rings. The van der Waals surface area contributed by atoms with Gasteiger partial charge in [0.1, 0.15) is 0 Å². The summed E-state index contributed by atoms with van der Waals surface area (Å²) in [6, 6.07) is 10.1. The maximum absolute atomic E-state index is 11.8. The van der Waals surface area contributed by atoms with Crippen molar-refractivity contribution in [2.24, 2.45) is 0 Å². The zero-order valence-electron chi connectivity index (χ0n) is 10.00. The van der Waals surface area contributed by atoms with Gasteiger partial charge in [-0.15, -0.1) is 0 Å². The molecule has 19 heavy (non-hydrogen) atoms. The van der Waals surface area contributed by atoms with Crippen molar-refractivity contribution in [3.63, 3.8) is 0 Å². The zero-order valence-corrected chi connectivity index (χ0v) is 10.8. The average Bonchev–Trinajstić information content (AvgIpc) is 2.90. The van der Waals surface area contributed by atoms with E-state index in [9.17, 15) is 8.42 Å². The minimum Gasteiger partial charge on any atom is -0.281 e. The number of rotatable bonds is 5. The van der Waals surface area contributed by atoms with Crippen LogP contribution in [-0.4, -0.2) is 18.6 Å². The third-order valence-corrected chi connectivity index (χ3v) is 3.78. The Kier molecular flexibility index (Phi) is 3.94. The first kappa shape index (κ1) is 13.3. The van der Waals surface area contributed by atoms with Crippen LogP contribution in [0.1, 0.15) is 16.8 Å². The number of hydrogen-bond acceptors (Lipinski definition) is 4. The SMILES string of the molecule is N#Cc1ccc(CS(=O)(=O)NCc2ccn[nH]2)cc1. The van der Waals surface area contributed by atoms with Gasteiger partial charge < -0.3 is 0 Å². The molecule has 98 valence electrons. The van der Waals surface area contributed by atoms with Crippen LogP contribution in [0.4, 0.5) is 0 Å². The summed E-state index contributed by atoms with van der Waals surface area (Å²) in [6.45, 7) is 0.179. The Balaban J connectivity index is 1.98. The van der Waals surface area contributed by atoms with Gasteiger partial charge in [-0.25, -0.2) is 13.1 Å². The topological polar surface area (TPSA) is 98.6 Å². The highest BCUT2D eigenvalue weighted by atomic mass is 32.2. The molecule has 1 heterocycles. The third kappa shape index (κ3) is 3.91. The smallest absolute Gasteiger partial charge is 0.216 e. The quantitative estimate of drug-likeness (QED) is 0.847. The number of nitrogens with one attached hydrogen (secondary N) is 2. The van der Waals surface area contributed by atoms with Gasteiger partial charge in [-0.3, -0.25) is 5.10 Å². The highest BCUT2D eigenvalue weighted by molar-refractivity contribution is 7.88. The molecule has 0 unspecified atom stereocenters. The van der Waals surface area contributed by atoms with Gasteiger partial charge in [0.25, 0.3) is 0 Å². The van der Waals surface area contributed by atoms with E-state index in [4.69, 9.17) is 5.26 Å². The van der Waals surface area contributed by atoms with E-state index < -0.39 is 10.0 Å². The molecule has 0 saturated heterocycles. The Bertz CT molecular complexity index is 670. The monoisotopic (exact) mass is 276 g/mol. The molecule has 0 aliphatic heterocycles. The second kappa shape index (κ2) is 5.65. The van der Waals surface area contributed by atoms with E-state index >= 15 is 0 Å². The second-order valence-corrected chi connectivity index (χ2v) is 5.78. The first-order chi connectivity index (χ1) is 9.09. The molecule has 6 nitrogen and oxygen atoms in total. The molecule has 0 amide bonds. The molecule has 0 atom stereocenters.